The van der Waals surface area contributed by atoms with Gasteiger partial charge in [-0.2, -0.15) is 0 Å². The smallest absolute Gasteiger partial charge is 0.223 e. The summed E-state index contributed by atoms with van der Waals surface area (Å²) in [4.78, 5) is 14.3. The van der Waals surface area contributed by atoms with Crippen LogP contribution in [0.3, 0.4) is 0 Å². The number of carbonyl (C=O) groups excluding carboxylic acids is 1. The molecule has 16 heavy (non-hydrogen) atoms. The van der Waals surface area contributed by atoms with E-state index in [1.165, 1.54) is 25.7 Å². The van der Waals surface area contributed by atoms with Crippen molar-refractivity contribution in [3.63, 3.8) is 0 Å². The van der Waals surface area contributed by atoms with Gasteiger partial charge in [0.2, 0.25) is 5.91 Å². The normalized spacial score (nSPS) is 31.2. The van der Waals surface area contributed by atoms with E-state index in [0.717, 1.165) is 19.3 Å². The fourth-order valence-electron chi connectivity index (χ4n) is 3.02. The van der Waals surface area contributed by atoms with Crippen LogP contribution in [0.25, 0.3) is 0 Å². The minimum atomic E-state index is 0.302. The average molecular weight is 224 g/mol. The molecule has 1 aliphatic heterocycles. The van der Waals surface area contributed by atoms with Gasteiger partial charge in [0, 0.05) is 25.0 Å². The summed E-state index contributed by atoms with van der Waals surface area (Å²) >= 11 is 0. The van der Waals surface area contributed by atoms with Crippen molar-refractivity contribution in [1.29, 1.82) is 0 Å². The predicted octanol–water partition coefficient (Wildman–Crippen LogP) is 1.90. The zero-order valence-electron chi connectivity index (χ0n) is 10.3. The molecule has 1 saturated carbocycles. The fourth-order valence-corrected chi connectivity index (χ4v) is 3.02. The van der Waals surface area contributed by atoms with E-state index in [2.05, 4.69) is 11.8 Å². The molecule has 1 aliphatic carbocycles. The van der Waals surface area contributed by atoms with Crippen LogP contribution in [0.1, 0.15) is 51.9 Å². The monoisotopic (exact) mass is 224 g/mol. The van der Waals surface area contributed by atoms with Gasteiger partial charge in [0.25, 0.3) is 0 Å². The lowest BCUT2D eigenvalue weighted by atomic mass is 9.82. The number of carbonyl (C=O) groups is 1. The summed E-state index contributed by atoms with van der Waals surface area (Å²) in [6.45, 7) is 2.79. The standard InChI is InChI=1S/C13H24N2O/c1-10-4-2-7-12(9-14)15(10)13(16)8-11-5-3-6-11/h10-12H,2-9,14H2,1H3. The second-order valence-electron chi connectivity index (χ2n) is 5.47. The molecule has 0 aromatic rings. The van der Waals surface area contributed by atoms with Crippen molar-refractivity contribution in [3.8, 4) is 0 Å². The third kappa shape index (κ3) is 2.40. The highest BCUT2D eigenvalue weighted by Crippen LogP contribution is 2.32. The number of hydrogen-bond donors (Lipinski definition) is 1. The first-order valence-corrected chi connectivity index (χ1v) is 6.73. The molecule has 3 nitrogen and oxygen atoms in total. The number of likely N-dealkylation sites (tertiary alicyclic amines) is 1. The molecular formula is C13H24N2O. The van der Waals surface area contributed by atoms with Crippen LogP contribution in [-0.4, -0.2) is 29.4 Å². The minimum absolute atomic E-state index is 0.302. The molecule has 1 heterocycles. The zero-order valence-corrected chi connectivity index (χ0v) is 10.3. The molecular weight excluding hydrogens is 200 g/mol. The van der Waals surface area contributed by atoms with Gasteiger partial charge in [0.1, 0.15) is 0 Å². The molecule has 3 heteroatoms. The van der Waals surface area contributed by atoms with Gasteiger partial charge in [-0.25, -0.2) is 0 Å². The van der Waals surface area contributed by atoms with Crippen LogP contribution in [0.15, 0.2) is 0 Å². The Balaban J connectivity index is 1.94. The van der Waals surface area contributed by atoms with Crippen LogP contribution in [0.2, 0.25) is 0 Å². The molecule has 0 bridgehead atoms. The summed E-state index contributed by atoms with van der Waals surface area (Å²) in [5.41, 5.74) is 5.78. The highest BCUT2D eigenvalue weighted by molar-refractivity contribution is 5.77. The fraction of sp³-hybridized carbons (Fsp3) is 0.923. The van der Waals surface area contributed by atoms with E-state index in [0.29, 0.717) is 30.5 Å². The Morgan fingerprint density at radius 3 is 2.50 bits per heavy atom. The Bertz CT molecular complexity index is 250. The largest absolute Gasteiger partial charge is 0.336 e. The predicted molar refractivity (Wildman–Crippen MR) is 65.0 cm³/mol. The Labute approximate surface area is 98.4 Å². The van der Waals surface area contributed by atoms with Crippen molar-refractivity contribution >= 4 is 5.91 Å². The molecule has 2 aliphatic rings. The topological polar surface area (TPSA) is 46.3 Å². The number of piperidine rings is 1. The van der Waals surface area contributed by atoms with Gasteiger partial charge in [0.05, 0.1) is 0 Å². The van der Waals surface area contributed by atoms with Gasteiger partial charge in [-0.1, -0.05) is 6.42 Å². The van der Waals surface area contributed by atoms with Gasteiger partial charge in [-0.15, -0.1) is 0 Å². The lowest BCUT2D eigenvalue weighted by Gasteiger charge is -2.41. The first-order valence-electron chi connectivity index (χ1n) is 6.73. The van der Waals surface area contributed by atoms with Crippen molar-refractivity contribution in [2.75, 3.05) is 6.54 Å². The zero-order chi connectivity index (χ0) is 11.5. The van der Waals surface area contributed by atoms with E-state index in [9.17, 15) is 4.79 Å². The lowest BCUT2D eigenvalue weighted by molar-refractivity contribution is -0.139. The van der Waals surface area contributed by atoms with Crippen LogP contribution in [0, 0.1) is 5.92 Å². The summed E-state index contributed by atoms with van der Waals surface area (Å²) in [5.74, 6) is 1.02. The molecule has 2 fully saturated rings. The summed E-state index contributed by atoms with van der Waals surface area (Å²) in [6.07, 6.45) is 8.04. The quantitative estimate of drug-likeness (QED) is 0.796. The summed E-state index contributed by atoms with van der Waals surface area (Å²) in [5, 5.41) is 0. The van der Waals surface area contributed by atoms with Crippen molar-refractivity contribution < 1.29 is 4.79 Å². The lowest BCUT2D eigenvalue weighted by Crippen LogP contribution is -2.52. The van der Waals surface area contributed by atoms with Crippen LogP contribution in [0.4, 0.5) is 0 Å². The molecule has 1 saturated heterocycles. The molecule has 2 rings (SSSR count). The van der Waals surface area contributed by atoms with E-state index < -0.39 is 0 Å². The third-order valence-electron chi connectivity index (χ3n) is 4.28. The average Bonchev–Trinajstić information content (AvgIpc) is 2.22. The molecule has 2 atom stereocenters. The molecule has 1 amide bonds. The SMILES string of the molecule is CC1CCCC(CN)N1C(=O)CC1CCC1. The van der Waals surface area contributed by atoms with E-state index in [1.54, 1.807) is 0 Å². The van der Waals surface area contributed by atoms with E-state index in [1.807, 2.05) is 0 Å². The molecule has 2 N–H and O–H groups in total. The van der Waals surface area contributed by atoms with Crippen molar-refractivity contribution in [3.05, 3.63) is 0 Å². The Morgan fingerprint density at radius 2 is 1.94 bits per heavy atom. The number of rotatable bonds is 3. The van der Waals surface area contributed by atoms with E-state index in [4.69, 9.17) is 5.73 Å². The van der Waals surface area contributed by atoms with Crippen LogP contribution < -0.4 is 5.73 Å². The molecule has 0 radical (unpaired) electrons. The third-order valence-corrected chi connectivity index (χ3v) is 4.28. The van der Waals surface area contributed by atoms with Gasteiger partial charge >= 0.3 is 0 Å². The number of nitrogens with two attached hydrogens (primary N) is 1. The second-order valence-corrected chi connectivity index (χ2v) is 5.47. The minimum Gasteiger partial charge on any atom is -0.336 e. The first-order chi connectivity index (χ1) is 7.72. The van der Waals surface area contributed by atoms with Crippen LogP contribution in [-0.2, 0) is 4.79 Å². The Hall–Kier alpha value is -0.570. The molecule has 0 spiro atoms. The van der Waals surface area contributed by atoms with Gasteiger partial charge in [0.15, 0.2) is 0 Å². The molecule has 0 aromatic heterocycles. The maximum atomic E-state index is 12.3. The number of hydrogen-bond acceptors (Lipinski definition) is 2. The van der Waals surface area contributed by atoms with Crippen molar-refractivity contribution in [2.45, 2.75) is 64.0 Å². The van der Waals surface area contributed by atoms with E-state index in [-0.39, 0.29) is 0 Å². The highest BCUT2D eigenvalue weighted by Gasteiger charge is 2.32. The summed E-state index contributed by atoms with van der Waals surface area (Å²) in [6, 6.07) is 0.700. The van der Waals surface area contributed by atoms with E-state index >= 15 is 0 Å². The van der Waals surface area contributed by atoms with Crippen molar-refractivity contribution in [1.82, 2.24) is 4.90 Å². The Kier molecular flexibility index (Phi) is 3.85. The molecule has 0 aromatic carbocycles. The first kappa shape index (κ1) is 11.9. The summed E-state index contributed by atoms with van der Waals surface area (Å²) in [7, 11) is 0. The van der Waals surface area contributed by atoms with Crippen molar-refractivity contribution in [2.24, 2.45) is 11.7 Å². The summed E-state index contributed by atoms with van der Waals surface area (Å²) < 4.78 is 0. The Morgan fingerprint density at radius 1 is 1.25 bits per heavy atom. The number of nitrogens with zero attached hydrogens (tertiary/aromatic N) is 1. The van der Waals surface area contributed by atoms with Crippen LogP contribution in [0.5, 0.6) is 0 Å². The second kappa shape index (κ2) is 5.17. The van der Waals surface area contributed by atoms with Crippen LogP contribution >= 0.6 is 0 Å². The molecule has 92 valence electrons. The van der Waals surface area contributed by atoms with Gasteiger partial charge in [-0.3, -0.25) is 4.79 Å². The molecule has 2 unspecified atom stereocenters. The van der Waals surface area contributed by atoms with Gasteiger partial charge in [-0.05, 0) is 44.9 Å². The maximum Gasteiger partial charge on any atom is 0.223 e. The number of amides is 1. The maximum absolute atomic E-state index is 12.3. The van der Waals surface area contributed by atoms with Gasteiger partial charge < -0.3 is 10.6 Å². The highest BCUT2D eigenvalue weighted by atomic mass is 16.2.